The van der Waals surface area contributed by atoms with Crippen LogP contribution in [0, 0.1) is 0 Å². The molecule has 8 aromatic rings. The normalized spacial score (nSPS) is 12.2. The number of hydrogen-bond donors (Lipinski definition) is 0. The zero-order valence-electron chi connectivity index (χ0n) is 23.5. The summed E-state index contributed by atoms with van der Waals surface area (Å²) in [4.78, 5) is 4.08. The van der Waals surface area contributed by atoms with Crippen molar-refractivity contribution in [2.45, 2.75) is 26.2 Å². The van der Waals surface area contributed by atoms with Crippen LogP contribution in [0.15, 0.2) is 134 Å². The largest absolute Gasteiger partial charge is 0.448 e. The second kappa shape index (κ2) is 9.08. The van der Waals surface area contributed by atoms with Gasteiger partial charge >= 0.3 is 0 Å². The summed E-state index contributed by atoms with van der Waals surface area (Å²) in [6, 6.07) is 30.9. The fourth-order valence-corrected chi connectivity index (χ4v) is 6.14. The first-order valence-electron chi connectivity index (χ1n) is 14.0. The summed E-state index contributed by atoms with van der Waals surface area (Å²) in [7, 11) is 0. The van der Waals surface area contributed by atoms with Gasteiger partial charge < -0.3 is 17.7 Å². The number of nitrogens with zero attached hydrogens (tertiary/aromatic N) is 2. The van der Waals surface area contributed by atoms with E-state index in [0.717, 1.165) is 27.5 Å². The molecule has 0 bridgehead atoms. The number of benzene rings is 4. The molecule has 0 fully saturated rings. The Hall–Kier alpha value is -5.36. The van der Waals surface area contributed by atoms with Crippen molar-refractivity contribution < 1.29 is 17.7 Å². The molecule has 42 heavy (non-hydrogen) atoms. The number of furan rings is 4. The van der Waals surface area contributed by atoms with E-state index in [0.29, 0.717) is 23.5 Å². The van der Waals surface area contributed by atoms with E-state index in [1.165, 1.54) is 21.7 Å². The summed E-state index contributed by atoms with van der Waals surface area (Å²) < 4.78 is 23.7. The summed E-state index contributed by atoms with van der Waals surface area (Å²) in [5, 5.41) is 6.94. The van der Waals surface area contributed by atoms with Gasteiger partial charge in [0, 0.05) is 35.0 Å². The molecule has 0 aliphatic heterocycles. The third-order valence-corrected chi connectivity index (χ3v) is 7.93. The smallest absolute Gasteiger partial charge is 0.206 e. The van der Waals surface area contributed by atoms with E-state index in [4.69, 9.17) is 17.7 Å². The lowest BCUT2D eigenvalue weighted by Gasteiger charge is -2.29. The van der Waals surface area contributed by atoms with Crippen LogP contribution in [0.3, 0.4) is 0 Å². The van der Waals surface area contributed by atoms with Crippen LogP contribution in [-0.4, -0.2) is 0 Å². The SMILES string of the molecule is CC(C)(C)c1cc(N(c2ccco2)c2ccco2)c2ccc3ccc(N(c4ccco4)c4ccco4)c4ccc1c2c34. The van der Waals surface area contributed by atoms with Crippen molar-refractivity contribution >= 4 is 67.2 Å². The van der Waals surface area contributed by atoms with Gasteiger partial charge in [0.05, 0.1) is 36.4 Å². The van der Waals surface area contributed by atoms with Gasteiger partial charge in [0.25, 0.3) is 0 Å². The van der Waals surface area contributed by atoms with Gasteiger partial charge in [-0.25, -0.2) is 4.90 Å². The van der Waals surface area contributed by atoms with E-state index < -0.39 is 0 Å². The molecule has 6 nitrogen and oxygen atoms in total. The molecule has 8 rings (SSSR count). The molecule has 206 valence electrons. The van der Waals surface area contributed by atoms with Crippen LogP contribution in [0.25, 0.3) is 32.3 Å². The summed E-state index contributed by atoms with van der Waals surface area (Å²) in [6.07, 6.45) is 6.74. The maximum atomic E-state index is 5.96. The predicted octanol–water partition coefficient (Wildman–Crippen LogP) is 11.2. The van der Waals surface area contributed by atoms with Crippen molar-refractivity contribution in [2.24, 2.45) is 0 Å². The van der Waals surface area contributed by atoms with Gasteiger partial charge in [-0.3, -0.25) is 4.90 Å². The highest BCUT2D eigenvalue weighted by molar-refractivity contribution is 6.28. The third kappa shape index (κ3) is 3.65. The van der Waals surface area contributed by atoms with Gasteiger partial charge in [-0.05, 0) is 68.9 Å². The highest BCUT2D eigenvalue weighted by Gasteiger charge is 2.28. The molecule has 0 aliphatic carbocycles. The van der Waals surface area contributed by atoms with Crippen molar-refractivity contribution in [3.63, 3.8) is 0 Å². The number of hydrogen-bond acceptors (Lipinski definition) is 6. The molecular weight excluding hydrogens is 524 g/mol. The molecule has 0 unspecified atom stereocenters. The van der Waals surface area contributed by atoms with Crippen molar-refractivity contribution in [3.05, 3.63) is 122 Å². The molecule has 0 saturated carbocycles. The standard InChI is InChI=1S/C36H28N2O4/c1-36(2,3)27-22-29(38(32-10-6-20-41-32)33-11-7-21-42-33)26-14-12-23-13-17-28(25-16-15-24(27)35(26)34(23)25)37(30-8-4-18-39-30)31-9-5-19-40-31/h4-22H,1-3H3. The van der Waals surface area contributed by atoms with E-state index >= 15 is 0 Å². The molecule has 4 aromatic heterocycles. The molecule has 4 heterocycles. The van der Waals surface area contributed by atoms with Crippen LogP contribution in [0.1, 0.15) is 26.3 Å². The fourth-order valence-electron chi connectivity index (χ4n) is 6.14. The van der Waals surface area contributed by atoms with Gasteiger partial charge in [-0.1, -0.05) is 51.1 Å². The van der Waals surface area contributed by atoms with E-state index in [1.807, 2.05) is 53.4 Å². The van der Waals surface area contributed by atoms with Crippen LogP contribution in [0.5, 0.6) is 0 Å². The van der Waals surface area contributed by atoms with Gasteiger partial charge in [-0.15, -0.1) is 0 Å². The topological polar surface area (TPSA) is 59.0 Å². The lowest BCUT2D eigenvalue weighted by Crippen LogP contribution is -2.15. The van der Waals surface area contributed by atoms with Gasteiger partial charge in [0.1, 0.15) is 0 Å². The summed E-state index contributed by atoms with van der Waals surface area (Å²) in [5.41, 5.74) is 3.07. The Labute approximate surface area is 242 Å². The lowest BCUT2D eigenvalue weighted by atomic mass is 9.80. The zero-order chi connectivity index (χ0) is 28.4. The van der Waals surface area contributed by atoms with Crippen LogP contribution < -0.4 is 9.80 Å². The fraction of sp³-hybridized carbons (Fsp3) is 0.111. The average Bonchev–Trinajstić information content (AvgIpc) is 3.81. The molecule has 6 heteroatoms. The Morgan fingerprint density at radius 3 is 1.43 bits per heavy atom. The first-order valence-corrected chi connectivity index (χ1v) is 14.0. The molecule has 0 radical (unpaired) electrons. The molecule has 0 atom stereocenters. The minimum atomic E-state index is -0.133. The highest BCUT2D eigenvalue weighted by atomic mass is 16.4. The van der Waals surface area contributed by atoms with E-state index in [2.05, 4.69) is 68.1 Å². The molecule has 0 amide bonds. The predicted molar refractivity (Wildman–Crippen MR) is 167 cm³/mol. The Kier molecular flexibility index (Phi) is 5.28. The number of rotatable bonds is 6. The molecular formula is C36H28N2O4. The van der Waals surface area contributed by atoms with Crippen molar-refractivity contribution in [2.75, 3.05) is 9.80 Å². The lowest BCUT2D eigenvalue weighted by molar-refractivity contribution is 0.539. The first kappa shape index (κ1) is 24.4. The van der Waals surface area contributed by atoms with Crippen LogP contribution in [-0.2, 0) is 5.41 Å². The average molecular weight is 553 g/mol. The van der Waals surface area contributed by atoms with Gasteiger partial charge in [-0.2, -0.15) is 0 Å². The van der Waals surface area contributed by atoms with Crippen LogP contribution in [0.2, 0.25) is 0 Å². The second-order valence-corrected chi connectivity index (χ2v) is 11.5. The van der Waals surface area contributed by atoms with Crippen LogP contribution in [0.4, 0.5) is 34.9 Å². The van der Waals surface area contributed by atoms with Crippen molar-refractivity contribution in [3.8, 4) is 0 Å². The zero-order valence-corrected chi connectivity index (χ0v) is 23.5. The number of anilines is 6. The highest BCUT2D eigenvalue weighted by Crippen LogP contribution is 2.49. The maximum absolute atomic E-state index is 5.96. The summed E-state index contributed by atoms with van der Waals surface area (Å²) in [6.45, 7) is 6.77. The third-order valence-electron chi connectivity index (χ3n) is 7.93. The Balaban J connectivity index is 1.49. The minimum absolute atomic E-state index is 0.133. The van der Waals surface area contributed by atoms with Gasteiger partial charge in [0.15, 0.2) is 0 Å². The summed E-state index contributed by atoms with van der Waals surface area (Å²) in [5.74, 6) is 2.72. The Bertz CT molecular complexity index is 2050. The summed E-state index contributed by atoms with van der Waals surface area (Å²) >= 11 is 0. The Morgan fingerprint density at radius 2 is 0.929 bits per heavy atom. The van der Waals surface area contributed by atoms with E-state index in [1.54, 1.807) is 25.1 Å². The molecule has 0 spiro atoms. The quantitative estimate of drug-likeness (QED) is 0.191. The van der Waals surface area contributed by atoms with E-state index in [-0.39, 0.29) is 5.41 Å². The molecule has 0 saturated heterocycles. The van der Waals surface area contributed by atoms with Crippen molar-refractivity contribution in [1.29, 1.82) is 0 Å². The minimum Gasteiger partial charge on any atom is -0.448 e. The van der Waals surface area contributed by atoms with Gasteiger partial charge in [0.2, 0.25) is 23.5 Å². The Morgan fingerprint density at radius 1 is 0.476 bits per heavy atom. The van der Waals surface area contributed by atoms with Crippen molar-refractivity contribution in [1.82, 2.24) is 0 Å². The molecule has 0 N–H and O–H groups in total. The molecule has 0 aliphatic rings. The second-order valence-electron chi connectivity index (χ2n) is 11.5. The monoisotopic (exact) mass is 552 g/mol. The molecule has 4 aromatic carbocycles. The van der Waals surface area contributed by atoms with Crippen LogP contribution >= 0.6 is 0 Å². The first-order chi connectivity index (χ1) is 20.5. The van der Waals surface area contributed by atoms with E-state index in [9.17, 15) is 0 Å². The maximum Gasteiger partial charge on any atom is 0.206 e.